The molecule has 0 heterocycles. The van der Waals surface area contributed by atoms with E-state index in [0.29, 0.717) is 5.92 Å². The Bertz CT molecular complexity index is 821. The van der Waals surface area contributed by atoms with Gasteiger partial charge < -0.3 is 5.32 Å². The SMILES string of the molecule is CC[C@@H](C)c1ccc(NC(=O)CNC(c2ccccc2)c2ccccc2)cc1. The fraction of sp³-hybridized carbons (Fsp3) is 0.240. The van der Waals surface area contributed by atoms with E-state index in [4.69, 9.17) is 0 Å². The van der Waals surface area contributed by atoms with Gasteiger partial charge in [-0.25, -0.2) is 0 Å². The van der Waals surface area contributed by atoms with Gasteiger partial charge in [-0.1, -0.05) is 86.6 Å². The summed E-state index contributed by atoms with van der Waals surface area (Å²) in [6.45, 7) is 4.63. The first-order valence-electron chi connectivity index (χ1n) is 9.90. The summed E-state index contributed by atoms with van der Waals surface area (Å²) in [5.41, 5.74) is 4.40. The second-order valence-corrected chi connectivity index (χ2v) is 7.11. The van der Waals surface area contributed by atoms with Crippen molar-refractivity contribution in [3.8, 4) is 0 Å². The van der Waals surface area contributed by atoms with Gasteiger partial charge in [-0.3, -0.25) is 10.1 Å². The smallest absolute Gasteiger partial charge is 0.238 e. The minimum atomic E-state index is -0.0480. The van der Waals surface area contributed by atoms with Gasteiger partial charge in [-0.2, -0.15) is 0 Å². The highest BCUT2D eigenvalue weighted by atomic mass is 16.1. The number of anilines is 1. The van der Waals surface area contributed by atoms with Crippen LogP contribution in [0.1, 0.15) is 48.9 Å². The van der Waals surface area contributed by atoms with E-state index in [2.05, 4.69) is 60.9 Å². The average molecular weight is 373 g/mol. The van der Waals surface area contributed by atoms with Crippen LogP contribution in [0.15, 0.2) is 84.9 Å². The van der Waals surface area contributed by atoms with E-state index in [1.165, 1.54) is 5.56 Å². The third-order valence-electron chi connectivity index (χ3n) is 5.11. The highest BCUT2D eigenvalue weighted by Crippen LogP contribution is 2.22. The Morgan fingerprint density at radius 1 is 0.786 bits per heavy atom. The molecule has 0 saturated heterocycles. The summed E-state index contributed by atoms with van der Waals surface area (Å²) in [7, 11) is 0. The zero-order valence-electron chi connectivity index (χ0n) is 16.6. The fourth-order valence-corrected chi connectivity index (χ4v) is 3.25. The molecule has 144 valence electrons. The van der Waals surface area contributed by atoms with Crippen LogP contribution in [0.4, 0.5) is 5.69 Å². The molecule has 0 bridgehead atoms. The van der Waals surface area contributed by atoms with Crippen LogP contribution in [0.2, 0.25) is 0 Å². The van der Waals surface area contributed by atoms with E-state index in [9.17, 15) is 4.79 Å². The van der Waals surface area contributed by atoms with E-state index in [1.54, 1.807) is 0 Å². The molecule has 0 radical (unpaired) electrons. The molecule has 0 unspecified atom stereocenters. The lowest BCUT2D eigenvalue weighted by atomic mass is 9.98. The Morgan fingerprint density at radius 3 is 1.82 bits per heavy atom. The predicted octanol–water partition coefficient (Wildman–Crippen LogP) is 5.52. The molecule has 0 fully saturated rings. The molecular formula is C25H28N2O. The van der Waals surface area contributed by atoms with Crippen LogP contribution in [0.25, 0.3) is 0 Å². The molecule has 3 heteroatoms. The standard InChI is InChI=1S/C25H28N2O/c1-3-19(2)20-14-16-23(17-15-20)27-24(28)18-26-25(21-10-6-4-7-11-21)22-12-8-5-9-13-22/h4-17,19,25-26H,3,18H2,1-2H3,(H,27,28)/t19-/m1/s1. The van der Waals surface area contributed by atoms with E-state index in [0.717, 1.165) is 23.2 Å². The van der Waals surface area contributed by atoms with Crippen molar-refractivity contribution >= 4 is 11.6 Å². The monoisotopic (exact) mass is 372 g/mol. The van der Waals surface area contributed by atoms with Crippen molar-refractivity contribution in [3.05, 3.63) is 102 Å². The van der Waals surface area contributed by atoms with Gasteiger partial charge in [0.05, 0.1) is 12.6 Å². The second-order valence-electron chi connectivity index (χ2n) is 7.11. The lowest BCUT2D eigenvalue weighted by Crippen LogP contribution is -2.31. The summed E-state index contributed by atoms with van der Waals surface area (Å²) in [5.74, 6) is 0.483. The Morgan fingerprint density at radius 2 is 1.32 bits per heavy atom. The van der Waals surface area contributed by atoms with Crippen molar-refractivity contribution in [1.82, 2.24) is 5.32 Å². The summed E-state index contributed by atoms with van der Waals surface area (Å²) < 4.78 is 0. The first-order valence-corrected chi connectivity index (χ1v) is 9.90. The number of hydrogen-bond acceptors (Lipinski definition) is 2. The summed E-state index contributed by atoms with van der Waals surface area (Å²) in [5, 5.41) is 6.38. The van der Waals surface area contributed by atoms with Gasteiger partial charge in [-0.15, -0.1) is 0 Å². The Balaban J connectivity index is 1.64. The van der Waals surface area contributed by atoms with E-state index >= 15 is 0 Å². The first-order chi connectivity index (χ1) is 13.7. The van der Waals surface area contributed by atoms with Crippen molar-refractivity contribution in [3.63, 3.8) is 0 Å². The normalized spacial score (nSPS) is 12.0. The Labute approximate surface area is 167 Å². The van der Waals surface area contributed by atoms with Crippen LogP contribution in [-0.4, -0.2) is 12.5 Å². The van der Waals surface area contributed by atoms with Gasteiger partial charge >= 0.3 is 0 Å². The van der Waals surface area contributed by atoms with Gasteiger partial charge in [0, 0.05) is 5.69 Å². The maximum atomic E-state index is 12.5. The summed E-state index contributed by atoms with van der Waals surface area (Å²) in [6, 6.07) is 28.5. The molecular weight excluding hydrogens is 344 g/mol. The molecule has 2 N–H and O–H groups in total. The van der Waals surface area contributed by atoms with Crippen LogP contribution in [0.5, 0.6) is 0 Å². The number of benzene rings is 3. The molecule has 3 aromatic rings. The molecule has 0 spiro atoms. The third kappa shape index (κ3) is 5.30. The lowest BCUT2D eigenvalue weighted by molar-refractivity contribution is -0.115. The number of carbonyl (C=O) groups is 1. The van der Waals surface area contributed by atoms with Crippen molar-refractivity contribution in [2.24, 2.45) is 0 Å². The maximum absolute atomic E-state index is 12.5. The number of rotatable bonds is 8. The number of hydrogen-bond donors (Lipinski definition) is 2. The molecule has 0 aliphatic heterocycles. The molecule has 0 aliphatic carbocycles. The summed E-state index contributed by atoms with van der Waals surface area (Å²) in [6.07, 6.45) is 1.11. The van der Waals surface area contributed by atoms with Gasteiger partial charge in [-0.05, 0) is 41.2 Å². The molecule has 0 aliphatic rings. The highest BCUT2D eigenvalue weighted by Gasteiger charge is 2.14. The number of carbonyl (C=O) groups excluding carboxylic acids is 1. The zero-order valence-corrected chi connectivity index (χ0v) is 16.6. The largest absolute Gasteiger partial charge is 0.325 e. The van der Waals surface area contributed by atoms with Crippen LogP contribution in [-0.2, 0) is 4.79 Å². The van der Waals surface area contributed by atoms with Crippen LogP contribution < -0.4 is 10.6 Å². The molecule has 3 rings (SSSR count). The molecule has 0 aromatic heterocycles. The minimum Gasteiger partial charge on any atom is -0.325 e. The van der Waals surface area contributed by atoms with Crippen LogP contribution in [0.3, 0.4) is 0 Å². The van der Waals surface area contributed by atoms with Crippen molar-refractivity contribution in [2.75, 3.05) is 11.9 Å². The molecule has 28 heavy (non-hydrogen) atoms. The van der Waals surface area contributed by atoms with Crippen LogP contribution >= 0.6 is 0 Å². The summed E-state index contributed by atoms with van der Waals surface area (Å²) >= 11 is 0. The number of nitrogens with one attached hydrogen (secondary N) is 2. The molecule has 1 atom stereocenters. The topological polar surface area (TPSA) is 41.1 Å². The summed E-state index contributed by atoms with van der Waals surface area (Å²) in [4.78, 5) is 12.5. The molecule has 3 aromatic carbocycles. The second kappa shape index (κ2) is 9.86. The minimum absolute atomic E-state index is 0.0269. The van der Waals surface area contributed by atoms with E-state index in [1.807, 2.05) is 48.5 Å². The quantitative estimate of drug-likeness (QED) is 0.547. The molecule has 3 nitrogen and oxygen atoms in total. The lowest BCUT2D eigenvalue weighted by Gasteiger charge is -2.20. The van der Waals surface area contributed by atoms with Gasteiger partial charge in [0.1, 0.15) is 0 Å². The van der Waals surface area contributed by atoms with Crippen molar-refractivity contribution < 1.29 is 4.79 Å². The average Bonchev–Trinajstić information content (AvgIpc) is 2.75. The van der Waals surface area contributed by atoms with E-state index < -0.39 is 0 Å². The predicted molar refractivity (Wildman–Crippen MR) is 117 cm³/mol. The molecule has 0 saturated carbocycles. The third-order valence-corrected chi connectivity index (χ3v) is 5.11. The van der Waals surface area contributed by atoms with Gasteiger partial charge in [0.2, 0.25) is 5.91 Å². The molecule has 1 amide bonds. The number of amides is 1. The van der Waals surface area contributed by atoms with Crippen LogP contribution in [0, 0.1) is 0 Å². The highest BCUT2D eigenvalue weighted by molar-refractivity contribution is 5.92. The van der Waals surface area contributed by atoms with Gasteiger partial charge in [0.15, 0.2) is 0 Å². The fourth-order valence-electron chi connectivity index (χ4n) is 3.25. The zero-order chi connectivity index (χ0) is 19.8. The Hall–Kier alpha value is -2.91. The van der Waals surface area contributed by atoms with Crippen molar-refractivity contribution in [2.45, 2.75) is 32.2 Å². The van der Waals surface area contributed by atoms with Crippen molar-refractivity contribution in [1.29, 1.82) is 0 Å². The maximum Gasteiger partial charge on any atom is 0.238 e. The van der Waals surface area contributed by atoms with Gasteiger partial charge in [0.25, 0.3) is 0 Å². The van der Waals surface area contributed by atoms with E-state index in [-0.39, 0.29) is 18.5 Å². The Kier molecular flexibility index (Phi) is 6.99. The first kappa shape index (κ1) is 19.8.